The number of halogens is 1. The molecule has 25 heavy (non-hydrogen) atoms. The molecule has 2 aromatic carbocycles. The number of methoxy groups -OCH3 is 3. The van der Waals surface area contributed by atoms with Crippen molar-refractivity contribution in [1.82, 2.24) is 0 Å². The molecule has 0 aliphatic carbocycles. The predicted octanol–water partition coefficient (Wildman–Crippen LogP) is 3.87. The van der Waals surface area contributed by atoms with Crippen LogP contribution in [0.25, 0.3) is 0 Å². The lowest BCUT2D eigenvalue weighted by molar-refractivity contribution is -0.118. The molecule has 6 heteroatoms. The molecule has 0 saturated carbocycles. The lowest BCUT2D eigenvalue weighted by Gasteiger charge is -2.25. The summed E-state index contributed by atoms with van der Waals surface area (Å²) in [5.74, 6) is 2.00. The van der Waals surface area contributed by atoms with Gasteiger partial charge < -0.3 is 19.1 Å². The van der Waals surface area contributed by atoms with Crippen LogP contribution in [0.1, 0.15) is 12.0 Å². The smallest absolute Gasteiger partial charge is 0.228 e. The average Bonchev–Trinajstić information content (AvgIpc) is 2.66. The van der Waals surface area contributed by atoms with Crippen LogP contribution >= 0.6 is 11.6 Å². The Morgan fingerprint density at radius 1 is 1.00 bits per heavy atom. The number of para-hydroxylation sites is 1. The molecule has 0 aromatic heterocycles. The normalized spacial score (nSPS) is 10.2. The molecule has 0 saturated heterocycles. The van der Waals surface area contributed by atoms with Gasteiger partial charge in [-0.15, -0.1) is 11.6 Å². The van der Waals surface area contributed by atoms with Gasteiger partial charge in [-0.3, -0.25) is 4.79 Å². The molecule has 5 nitrogen and oxygen atoms in total. The van der Waals surface area contributed by atoms with Crippen LogP contribution in [0.2, 0.25) is 0 Å². The Morgan fingerprint density at radius 3 is 2.08 bits per heavy atom. The third kappa shape index (κ3) is 4.57. The molecule has 0 bridgehead atoms. The number of amides is 1. The number of carbonyl (C=O) groups excluding carboxylic acids is 1. The third-order valence-electron chi connectivity index (χ3n) is 3.81. The van der Waals surface area contributed by atoms with Gasteiger partial charge in [0.15, 0.2) is 0 Å². The molecule has 0 heterocycles. The van der Waals surface area contributed by atoms with E-state index in [0.717, 1.165) is 11.3 Å². The number of ether oxygens (including phenoxy) is 3. The highest BCUT2D eigenvalue weighted by molar-refractivity contribution is 6.19. The first-order valence-electron chi connectivity index (χ1n) is 7.84. The van der Waals surface area contributed by atoms with E-state index in [0.29, 0.717) is 23.8 Å². The van der Waals surface area contributed by atoms with Gasteiger partial charge in [0.2, 0.25) is 5.91 Å². The molecular weight excluding hydrogens is 342 g/mol. The van der Waals surface area contributed by atoms with Gasteiger partial charge in [-0.05, 0) is 12.1 Å². The molecule has 0 N–H and O–H groups in total. The highest BCUT2D eigenvalue weighted by atomic mass is 35.5. The van der Waals surface area contributed by atoms with Crippen molar-refractivity contribution in [2.24, 2.45) is 0 Å². The van der Waals surface area contributed by atoms with Crippen molar-refractivity contribution >= 4 is 23.2 Å². The van der Waals surface area contributed by atoms with Crippen molar-refractivity contribution in [2.75, 3.05) is 32.1 Å². The fourth-order valence-corrected chi connectivity index (χ4v) is 2.70. The number of alkyl halides is 1. The highest BCUT2D eigenvalue weighted by Gasteiger charge is 2.21. The van der Waals surface area contributed by atoms with Crippen LogP contribution in [-0.2, 0) is 11.3 Å². The summed E-state index contributed by atoms with van der Waals surface area (Å²) in [7, 11) is 4.73. The predicted molar refractivity (Wildman–Crippen MR) is 99.1 cm³/mol. The zero-order valence-electron chi connectivity index (χ0n) is 14.6. The molecule has 0 aliphatic rings. The molecule has 2 aromatic rings. The maximum atomic E-state index is 12.6. The van der Waals surface area contributed by atoms with E-state index in [1.54, 1.807) is 38.4 Å². The van der Waals surface area contributed by atoms with E-state index in [1.165, 1.54) is 0 Å². The lowest BCUT2D eigenvalue weighted by atomic mass is 10.1. The Hall–Kier alpha value is -2.40. The number of hydrogen-bond acceptors (Lipinski definition) is 4. The number of anilines is 1. The Balaban J connectivity index is 2.46. The molecule has 134 valence electrons. The largest absolute Gasteiger partial charge is 0.496 e. The molecule has 0 aliphatic heterocycles. The van der Waals surface area contributed by atoms with E-state index < -0.39 is 0 Å². The zero-order valence-corrected chi connectivity index (χ0v) is 15.4. The summed E-state index contributed by atoms with van der Waals surface area (Å²) in [6.45, 7) is 0.302. The van der Waals surface area contributed by atoms with Gasteiger partial charge in [0.1, 0.15) is 17.2 Å². The number of carbonyl (C=O) groups is 1. The van der Waals surface area contributed by atoms with Crippen molar-refractivity contribution in [1.29, 1.82) is 0 Å². The second-order valence-corrected chi connectivity index (χ2v) is 5.64. The second kappa shape index (κ2) is 9.18. The Labute approximate surface area is 153 Å². The lowest BCUT2D eigenvalue weighted by Crippen LogP contribution is -2.30. The Bertz CT molecular complexity index is 681. The van der Waals surface area contributed by atoms with E-state index in [9.17, 15) is 4.79 Å². The quantitative estimate of drug-likeness (QED) is 0.668. The van der Waals surface area contributed by atoms with Crippen LogP contribution in [0, 0.1) is 0 Å². The summed E-state index contributed by atoms with van der Waals surface area (Å²) in [6, 6.07) is 13.0. The van der Waals surface area contributed by atoms with Gasteiger partial charge in [-0.2, -0.15) is 0 Å². The van der Waals surface area contributed by atoms with Crippen LogP contribution in [0.15, 0.2) is 42.5 Å². The highest BCUT2D eigenvalue weighted by Crippen LogP contribution is 2.36. The second-order valence-electron chi connectivity index (χ2n) is 5.26. The topological polar surface area (TPSA) is 48.0 Å². The summed E-state index contributed by atoms with van der Waals surface area (Å²) < 4.78 is 16.2. The number of rotatable bonds is 8. The zero-order chi connectivity index (χ0) is 18.2. The van der Waals surface area contributed by atoms with E-state index in [4.69, 9.17) is 25.8 Å². The van der Waals surface area contributed by atoms with Gasteiger partial charge in [0, 0.05) is 30.1 Å². The first kappa shape index (κ1) is 18.9. The first-order valence-corrected chi connectivity index (χ1v) is 8.38. The minimum Gasteiger partial charge on any atom is -0.496 e. The van der Waals surface area contributed by atoms with Gasteiger partial charge in [0.05, 0.1) is 33.4 Å². The van der Waals surface area contributed by atoms with Crippen molar-refractivity contribution in [3.63, 3.8) is 0 Å². The van der Waals surface area contributed by atoms with Crippen molar-refractivity contribution in [3.8, 4) is 17.2 Å². The molecule has 1 amide bonds. The fraction of sp³-hybridized carbons (Fsp3) is 0.316. The van der Waals surface area contributed by atoms with E-state index in [2.05, 4.69) is 0 Å². The SMILES string of the molecule is COc1cc(OC)c(CN(C(=O)CCCl)c2ccccc2)c(OC)c1. The molecular formula is C19H22ClNO4. The van der Waals surface area contributed by atoms with Crippen LogP contribution in [0.5, 0.6) is 17.2 Å². The number of nitrogens with zero attached hydrogens (tertiary/aromatic N) is 1. The molecule has 0 unspecified atom stereocenters. The van der Waals surface area contributed by atoms with E-state index >= 15 is 0 Å². The number of benzene rings is 2. The average molecular weight is 364 g/mol. The van der Waals surface area contributed by atoms with Crippen molar-refractivity contribution < 1.29 is 19.0 Å². The molecule has 0 spiro atoms. The fourth-order valence-electron chi connectivity index (χ4n) is 2.54. The summed E-state index contributed by atoms with van der Waals surface area (Å²) in [5, 5.41) is 0. The van der Waals surface area contributed by atoms with E-state index in [-0.39, 0.29) is 18.2 Å². The summed E-state index contributed by atoms with van der Waals surface area (Å²) in [6.07, 6.45) is 0.247. The van der Waals surface area contributed by atoms with Crippen LogP contribution in [0.3, 0.4) is 0 Å². The first-order chi connectivity index (χ1) is 12.1. The summed E-state index contributed by atoms with van der Waals surface area (Å²) >= 11 is 5.77. The van der Waals surface area contributed by atoms with Crippen molar-refractivity contribution in [3.05, 3.63) is 48.0 Å². The van der Waals surface area contributed by atoms with Gasteiger partial charge in [-0.1, -0.05) is 18.2 Å². The maximum absolute atomic E-state index is 12.6. The van der Waals surface area contributed by atoms with Crippen LogP contribution < -0.4 is 19.1 Å². The monoisotopic (exact) mass is 363 g/mol. The minimum absolute atomic E-state index is 0.0684. The minimum atomic E-state index is -0.0684. The molecule has 0 atom stereocenters. The Morgan fingerprint density at radius 2 is 1.60 bits per heavy atom. The van der Waals surface area contributed by atoms with Crippen LogP contribution in [0.4, 0.5) is 5.69 Å². The standard InChI is InChI=1S/C19H22ClNO4/c1-23-15-11-17(24-2)16(18(12-15)25-3)13-21(19(22)9-10-20)14-7-5-4-6-8-14/h4-8,11-12H,9-10,13H2,1-3H3. The third-order valence-corrected chi connectivity index (χ3v) is 4.00. The maximum Gasteiger partial charge on any atom is 0.228 e. The summed E-state index contributed by atoms with van der Waals surface area (Å²) in [4.78, 5) is 14.3. The number of hydrogen-bond donors (Lipinski definition) is 0. The van der Waals surface area contributed by atoms with Gasteiger partial charge >= 0.3 is 0 Å². The molecule has 2 rings (SSSR count). The molecule has 0 radical (unpaired) electrons. The Kier molecular flexibility index (Phi) is 6.95. The summed E-state index contributed by atoms with van der Waals surface area (Å²) in [5.41, 5.74) is 1.55. The van der Waals surface area contributed by atoms with Crippen molar-refractivity contribution in [2.45, 2.75) is 13.0 Å². The van der Waals surface area contributed by atoms with Crippen LogP contribution in [-0.4, -0.2) is 33.1 Å². The van der Waals surface area contributed by atoms with Gasteiger partial charge in [-0.25, -0.2) is 0 Å². The van der Waals surface area contributed by atoms with E-state index in [1.807, 2.05) is 30.3 Å². The van der Waals surface area contributed by atoms with Gasteiger partial charge in [0.25, 0.3) is 0 Å². The molecule has 0 fully saturated rings.